The second kappa shape index (κ2) is 6.75. The molecule has 1 heterocycles. The van der Waals surface area contributed by atoms with Gasteiger partial charge in [0.2, 0.25) is 0 Å². The fourth-order valence-electron chi connectivity index (χ4n) is 2.42. The van der Waals surface area contributed by atoms with Crippen molar-refractivity contribution in [3.8, 4) is 0 Å². The van der Waals surface area contributed by atoms with Crippen LogP contribution in [0.2, 0.25) is 5.02 Å². The first-order valence-corrected chi connectivity index (χ1v) is 7.21. The van der Waals surface area contributed by atoms with E-state index in [9.17, 15) is 9.59 Å². The zero-order chi connectivity index (χ0) is 14.5. The van der Waals surface area contributed by atoms with Gasteiger partial charge in [0.05, 0.1) is 12.5 Å². The smallest absolute Gasteiger partial charge is 0.310 e. The van der Waals surface area contributed by atoms with Gasteiger partial charge in [-0.15, -0.1) is 0 Å². The highest BCUT2D eigenvalue weighted by molar-refractivity contribution is 6.30. The molecule has 0 spiro atoms. The molecule has 0 bridgehead atoms. The first-order chi connectivity index (χ1) is 9.61. The summed E-state index contributed by atoms with van der Waals surface area (Å²) in [6.45, 7) is 3.25. The number of halogens is 1. The lowest BCUT2D eigenvalue weighted by atomic mass is 9.97. The highest BCUT2D eigenvalue weighted by Gasteiger charge is 2.29. The summed E-state index contributed by atoms with van der Waals surface area (Å²) in [7, 11) is 0. The molecule has 2 rings (SSSR count). The molecular formula is C15H18ClNO3. The average Bonchev–Trinajstić information content (AvgIpc) is 2.47. The minimum atomic E-state index is -0.216. The summed E-state index contributed by atoms with van der Waals surface area (Å²) >= 11 is 5.90. The highest BCUT2D eigenvalue weighted by atomic mass is 35.5. The Morgan fingerprint density at radius 2 is 2.25 bits per heavy atom. The van der Waals surface area contributed by atoms with Crippen LogP contribution in [0.4, 0.5) is 0 Å². The number of amides is 1. The van der Waals surface area contributed by atoms with Crippen LogP contribution in [0.1, 0.15) is 30.1 Å². The Morgan fingerprint density at radius 1 is 1.45 bits per heavy atom. The summed E-state index contributed by atoms with van der Waals surface area (Å²) < 4.78 is 5.04. The SMILES string of the molecule is CCOC(=O)[C@H]1CCCN(C(=O)c2cccc(Cl)c2)C1. The Bertz CT molecular complexity index is 504. The third-order valence-electron chi connectivity index (χ3n) is 3.40. The monoisotopic (exact) mass is 295 g/mol. The van der Waals surface area contributed by atoms with Crippen molar-refractivity contribution in [2.24, 2.45) is 5.92 Å². The maximum atomic E-state index is 12.4. The van der Waals surface area contributed by atoms with Crippen molar-refractivity contribution in [2.75, 3.05) is 19.7 Å². The van der Waals surface area contributed by atoms with Gasteiger partial charge in [-0.3, -0.25) is 9.59 Å². The highest BCUT2D eigenvalue weighted by Crippen LogP contribution is 2.21. The van der Waals surface area contributed by atoms with E-state index in [4.69, 9.17) is 16.3 Å². The Hall–Kier alpha value is -1.55. The van der Waals surface area contributed by atoms with E-state index in [0.29, 0.717) is 30.3 Å². The number of rotatable bonds is 3. The Labute approximate surface area is 123 Å². The normalized spacial score (nSPS) is 18.7. The largest absolute Gasteiger partial charge is 0.466 e. The van der Waals surface area contributed by atoms with Gasteiger partial charge in [-0.05, 0) is 38.0 Å². The van der Waals surface area contributed by atoms with Crippen LogP contribution in [0.25, 0.3) is 0 Å². The summed E-state index contributed by atoms with van der Waals surface area (Å²) in [5.41, 5.74) is 0.557. The molecule has 1 aromatic carbocycles. The number of benzene rings is 1. The molecule has 0 unspecified atom stereocenters. The molecule has 1 aliphatic rings. The average molecular weight is 296 g/mol. The van der Waals surface area contributed by atoms with Crippen molar-refractivity contribution in [1.82, 2.24) is 4.90 Å². The van der Waals surface area contributed by atoms with E-state index in [1.807, 2.05) is 0 Å². The number of carbonyl (C=O) groups is 2. The molecule has 108 valence electrons. The number of hydrogen-bond donors (Lipinski definition) is 0. The number of piperidine rings is 1. The first kappa shape index (κ1) is 14.9. The number of carbonyl (C=O) groups excluding carboxylic acids is 2. The van der Waals surface area contributed by atoms with Gasteiger partial charge in [-0.2, -0.15) is 0 Å². The number of esters is 1. The molecule has 0 radical (unpaired) electrons. The van der Waals surface area contributed by atoms with E-state index in [1.54, 1.807) is 36.1 Å². The van der Waals surface area contributed by atoms with Crippen LogP contribution in [0.3, 0.4) is 0 Å². The number of ether oxygens (including phenoxy) is 1. The van der Waals surface area contributed by atoms with Gasteiger partial charge in [-0.1, -0.05) is 17.7 Å². The van der Waals surface area contributed by atoms with Crippen LogP contribution in [-0.2, 0) is 9.53 Å². The van der Waals surface area contributed by atoms with Crippen LogP contribution >= 0.6 is 11.6 Å². The summed E-state index contributed by atoms with van der Waals surface area (Å²) in [5.74, 6) is -0.510. The Morgan fingerprint density at radius 3 is 2.95 bits per heavy atom. The van der Waals surface area contributed by atoms with E-state index in [1.165, 1.54) is 0 Å². The second-order valence-electron chi connectivity index (χ2n) is 4.85. The van der Waals surface area contributed by atoms with E-state index >= 15 is 0 Å². The third-order valence-corrected chi connectivity index (χ3v) is 3.64. The number of nitrogens with zero attached hydrogens (tertiary/aromatic N) is 1. The van der Waals surface area contributed by atoms with Gasteiger partial charge in [0.15, 0.2) is 0 Å². The molecule has 1 amide bonds. The Balaban J connectivity index is 2.05. The second-order valence-corrected chi connectivity index (χ2v) is 5.29. The zero-order valence-electron chi connectivity index (χ0n) is 11.5. The minimum absolute atomic E-state index is 0.0819. The van der Waals surface area contributed by atoms with Crippen molar-refractivity contribution in [2.45, 2.75) is 19.8 Å². The van der Waals surface area contributed by atoms with Gasteiger partial charge in [-0.25, -0.2) is 0 Å². The molecule has 1 aliphatic heterocycles. The van der Waals surface area contributed by atoms with Crippen LogP contribution in [0.15, 0.2) is 24.3 Å². The van der Waals surface area contributed by atoms with Gasteiger partial charge >= 0.3 is 5.97 Å². The molecule has 0 saturated carbocycles. The molecule has 4 nitrogen and oxygen atoms in total. The van der Waals surface area contributed by atoms with E-state index in [0.717, 1.165) is 12.8 Å². The van der Waals surface area contributed by atoms with Crippen molar-refractivity contribution in [3.05, 3.63) is 34.9 Å². The molecular weight excluding hydrogens is 278 g/mol. The molecule has 0 aliphatic carbocycles. The summed E-state index contributed by atoms with van der Waals surface area (Å²) in [6, 6.07) is 6.87. The lowest BCUT2D eigenvalue weighted by molar-refractivity contribution is -0.149. The van der Waals surface area contributed by atoms with E-state index in [2.05, 4.69) is 0 Å². The molecule has 1 aromatic rings. The quantitative estimate of drug-likeness (QED) is 0.806. The fraction of sp³-hybridized carbons (Fsp3) is 0.467. The van der Waals surface area contributed by atoms with E-state index < -0.39 is 0 Å². The van der Waals surface area contributed by atoms with Crippen LogP contribution in [0, 0.1) is 5.92 Å². The maximum absolute atomic E-state index is 12.4. The topological polar surface area (TPSA) is 46.6 Å². The molecule has 5 heteroatoms. The molecule has 0 N–H and O–H groups in total. The first-order valence-electron chi connectivity index (χ1n) is 6.83. The molecule has 0 aromatic heterocycles. The predicted octanol–water partition coefficient (Wildman–Crippen LogP) is 2.76. The van der Waals surface area contributed by atoms with Gasteiger partial charge in [0, 0.05) is 23.7 Å². The predicted molar refractivity (Wildman–Crippen MR) is 76.7 cm³/mol. The fourth-order valence-corrected chi connectivity index (χ4v) is 2.61. The molecule has 1 atom stereocenters. The lowest BCUT2D eigenvalue weighted by Crippen LogP contribution is -2.42. The maximum Gasteiger partial charge on any atom is 0.310 e. The Kier molecular flexibility index (Phi) is 5.01. The van der Waals surface area contributed by atoms with Crippen LogP contribution in [0.5, 0.6) is 0 Å². The number of likely N-dealkylation sites (tertiary alicyclic amines) is 1. The van der Waals surface area contributed by atoms with Crippen LogP contribution < -0.4 is 0 Å². The van der Waals surface area contributed by atoms with Crippen molar-refractivity contribution in [3.63, 3.8) is 0 Å². The molecule has 1 fully saturated rings. The van der Waals surface area contributed by atoms with Crippen molar-refractivity contribution in [1.29, 1.82) is 0 Å². The van der Waals surface area contributed by atoms with Crippen LogP contribution in [-0.4, -0.2) is 36.5 Å². The van der Waals surface area contributed by atoms with Gasteiger partial charge in [0.1, 0.15) is 0 Å². The summed E-state index contributed by atoms with van der Waals surface area (Å²) in [4.78, 5) is 25.9. The van der Waals surface area contributed by atoms with Crippen molar-refractivity contribution >= 4 is 23.5 Å². The van der Waals surface area contributed by atoms with Gasteiger partial charge in [0.25, 0.3) is 5.91 Å². The summed E-state index contributed by atoms with van der Waals surface area (Å²) in [5, 5.41) is 0.537. The van der Waals surface area contributed by atoms with E-state index in [-0.39, 0.29) is 17.8 Å². The van der Waals surface area contributed by atoms with Gasteiger partial charge < -0.3 is 9.64 Å². The summed E-state index contributed by atoms with van der Waals surface area (Å²) in [6.07, 6.45) is 1.59. The minimum Gasteiger partial charge on any atom is -0.466 e. The lowest BCUT2D eigenvalue weighted by Gasteiger charge is -2.31. The van der Waals surface area contributed by atoms with Crippen molar-refractivity contribution < 1.29 is 14.3 Å². The number of hydrogen-bond acceptors (Lipinski definition) is 3. The molecule has 1 saturated heterocycles. The zero-order valence-corrected chi connectivity index (χ0v) is 12.2. The third kappa shape index (κ3) is 3.51. The molecule has 20 heavy (non-hydrogen) atoms. The standard InChI is InChI=1S/C15H18ClNO3/c1-2-20-15(19)12-6-4-8-17(10-12)14(18)11-5-3-7-13(16)9-11/h3,5,7,9,12H,2,4,6,8,10H2,1H3/t12-/m0/s1.